The molecule has 0 aromatic carbocycles. The highest BCUT2D eigenvalue weighted by Crippen LogP contribution is 2.31. The number of halogens is 2. The molecular formula is C17H15ClFN5O2. The summed E-state index contributed by atoms with van der Waals surface area (Å²) in [6.07, 6.45) is 6.28. The van der Waals surface area contributed by atoms with Crippen molar-refractivity contribution in [3.05, 3.63) is 35.5 Å². The number of rotatable bonds is 4. The summed E-state index contributed by atoms with van der Waals surface area (Å²) in [5, 5.41) is 13.4. The monoisotopic (exact) mass is 375 g/mol. The smallest absolute Gasteiger partial charge is 0.308 e. The van der Waals surface area contributed by atoms with Gasteiger partial charge in [0.2, 0.25) is 0 Å². The van der Waals surface area contributed by atoms with Gasteiger partial charge in [-0.3, -0.25) is 4.79 Å². The molecule has 0 aliphatic heterocycles. The standard InChI is InChI=1S/C17H15ClFN5O2/c18-8-4-10-11(6-21-14(10)20-5-8)15-22-7-12(19)16(24-15)23-13-3-1-2-9(13)17(25)26/h4-7,9,13H,1-3H2,(H,20,21)(H,25,26)(H,22,23,24). The van der Waals surface area contributed by atoms with Gasteiger partial charge in [0.25, 0.3) is 0 Å². The van der Waals surface area contributed by atoms with Crippen LogP contribution >= 0.6 is 11.6 Å². The van der Waals surface area contributed by atoms with Gasteiger partial charge in [0.15, 0.2) is 17.5 Å². The van der Waals surface area contributed by atoms with E-state index in [0.717, 1.165) is 18.0 Å². The molecule has 3 aromatic heterocycles. The zero-order valence-electron chi connectivity index (χ0n) is 13.5. The van der Waals surface area contributed by atoms with E-state index in [4.69, 9.17) is 11.6 Å². The summed E-state index contributed by atoms with van der Waals surface area (Å²) in [6, 6.07) is 1.37. The van der Waals surface area contributed by atoms with E-state index in [2.05, 4.69) is 25.3 Å². The second kappa shape index (κ2) is 6.53. The van der Waals surface area contributed by atoms with Gasteiger partial charge in [-0.1, -0.05) is 18.0 Å². The zero-order valence-corrected chi connectivity index (χ0v) is 14.3. The molecule has 0 bridgehead atoms. The predicted molar refractivity (Wildman–Crippen MR) is 94.5 cm³/mol. The normalized spacial score (nSPS) is 19.8. The van der Waals surface area contributed by atoms with Crippen molar-refractivity contribution in [2.75, 3.05) is 5.32 Å². The minimum Gasteiger partial charge on any atom is -0.481 e. The Kier molecular flexibility index (Phi) is 4.20. The van der Waals surface area contributed by atoms with E-state index in [1.807, 2.05) is 0 Å². The molecule has 4 rings (SSSR count). The van der Waals surface area contributed by atoms with Crippen molar-refractivity contribution < 1.29 is 14.3 Å². The first-order chi connectivity index (χ1) is 12.5. The van der Waals surface area contributed by atoms with Crippen molar-refractivity contribution >= 4 is 34.4 Å². The molecule has 3 N–H and O–H groups in total. The molecule has 2 atom stereocenters. The molecule has 3 aromatic rings. The van der Waals surface area contributed by atoms with Crippen LogP contribution in [-0.2, 0) is 4.79 Å². The van der Waals surface area contributed by atoms with E-state index in [9.17, 15) is 14.3 Å². The van der Waals surface area contributed by atoms with E-state index in [1.54, 1.807) is 12.3 Å². The third-order valence-corrected chi connectivity index (χ3v) is 4.84. The van der Waals surface area contributed by atoms with Crippen LogP contribution in [0.25, 0.3) is 22.4 Å². The van der Waals surface area contributed by atoms with Crippen molar-refractivity contribution in [3.8, 4) is 11.4 Å². The molecule has 0 saturated heterocycles. The van der Waals surface area contributed by atoms with E-state index in [-0.39, 0.29) is 11.9 Å². The average molecular weight is 376 g/mol. The Morgan fingerprint density at radius 2 is 2.19 bits per heavy atom. The Hall–Kier alpha value is -2.74. The maximum absolute atomic E-state index is 14.2. The van der Waals surface area contributed by atoms with Gasteiger partial charge >= 0.3 is 5.97 Å². The third kappa shape index (κ3) is 2.96. The fourth-order valence-corrected chi connectivity index (χ4v) is 3.52. The molecule has 7 nitrogen and oxygen atoms in total. The third-order valence-electron chi connectivity index (χ3n) is 4.64. The molecule has 2 unspecified atom stereocenters. The van der Waals surface area contributed by atoms with Crippen LogP contribution in [0.1, 0.15) is 19.3 Å². The minimum absolute atomic E-state index is 0.00233. The number of pyridine rings is 1. The molecule has 1 aliphatic rings. The SMILES string of the molecule is O=C(O)C1CCCC1Nc1nc(-c2c[nH]c3ncc(Cl)cc23)ncc1F. The lowest BCUT2D eigenvalue weighted by molar-refractivity contribution is -0.141. The quantitative estimate of drug-likeness (QED) is 0.645. The van der Waals surface area contributed by atoms with Crippen LogP contribution in [-0.4, -0.2) is 37.1 Å². The van der Waals surface area contributed by atoms with E-state index < -0.39 is 17.7 Å². The number of carboxylic acids is 1. The predicted octanol–water partition coefficient (Wildman–Crippen LogP) is 3.48. The van der Waals surface area contributed by atoms with Crippen molar-refractivity contribution in [1.29, 1.82) is 0 Å². The average Bonchev–Trinajstić information content (AvgIpc) is 3.23. The number of carbonyl (C=O) groups is 1. The highest BCUT2D eigenvalue weighted by atomic mass is 35.5. The maximum Gasteiger partial charge on any atom is 0.308 e. The Bertz CT molecular complexity index is 992. The largest absolute Gasteiger partial charge is 0.481 e. The van der Waals surface area contributed by atoms with Crippen LogP contribution < -0.4 is 5.32 Å². The molecule has 26 heavy (non-hydrogen) atoms. The van der Waals surface area contributed by atoms with Crippen molar-refractivity contribution in [3.63, 3.8) is 0 Å². The molecule has 1 aliphatic carbocycles. The number of hydrogen-bond acceptors (Lipinski definition) is 5. The van der Waals surface area contributed by atoms with Crippen molar-refractivity contribution in [2.24, 2.45) is 5.92 Å². The van der Waals surface area contributed by atoms with E-state index in [0.29, 0.717) is 34.9 Å². The number of hydrogen-bond donors (Lipinski definition) is 3. The first-order valence-electron chi connectivity index (χ1n) is 8.18. The fraction of sp³-hybridized carbons (Fsp3) is 0.294. The molecule has 9 heteroatoms. The highest BCUT2D eigenvalue weighted by Gasteiger charge is 2.33. The summed E-state index contributed by atoms with van der Waals surface area (Å²) in [5.41, 5.74) is 1.26. The second-order valence-electron chi connectivity index (χ2n) is 6.27. The minimum atomic E-state index is -0.882. The summed E-state index contributed by atoms with van der Waals surface area (Å²) in [6.45, 7) is 0. The van der Waals surface area contributed by atoms with Gasteiger partial charge in [-0.05, 0) is 18.9 Å². The van der Waals surface area contributed by atoms with Gasteiger partial charge in [-0.25, -0.2) is 19.3 Å². The topological polar surface area (TPSA) is 104 Å². The molecule has 0 amide bonds. The first-order valence-corrected chi connectivity index (χ1v) is 8.55. The van der Waals surface area contributed by atoms with Gasteiger partial charge in [0.05, 0.1) is 17.1 Å². The number of aromatic nitrogens is 4. The van der Waals surface area contributed by atoms with Gasteiger partial charge < -0.3 is 15.4 Å². The summed E-state index contributed by atoms with van der Waals surface area (Å²) in [5.74, 6) is -1.76. The molecule has 3 heterocycles. The van der Waals surface area contributed by atoms with Gasteiger partial charge in [-0.15, -0.1) is 0 Å². The Morgan fingerprint density at radius 3 is 3.00 bits per heavy atom. The molecule has 1 saturated carbocycles. The van der Waals surface area contributed by atoms with Crippen LogP contribution in [0.2, 0.25) is 5.02 Å². The van der Waals surface area contributed by atoms with Gasteiger partial charge in [0, 0.05) is 29.4 Å². The number of nitrogens with zero attached hydrogens (tertiary/aromatic N) is 3. The van der Waals surface area contributed by atoms with E-state index >= 15 is 0 Å². The number of aliphatic carboxylic acids is 1. The number of carboxylic acid groups (broad SMARTS) is 1. The van der Waals surface area contributed by atoms with Crippen molar-refractivity contribution in [2.45, 2.75) is 25.3 Å². The number of fused-ring (bicyclic) bond motifs is 1. The zero-order chi connectivity index (χ0) is 18.3. The second-order valence-corrected chi connectivity index (χ2v) is 6.71. The van der Waals surface area contributed by atoms with Gasteiger partial charge in [0.1, 0.15) is 5.65 Å². The lowest BCUT2D eigenvalue weighted by atomic mass is 10.0. The number of aromatic amines is 1. The molecular weight excluding hydrogens is 361 g/mol. The molecule has 0 radical (unpaired) electrons. The molecule has 134 valence electrons. The highest BCUT2D eigenvalue weighted by molar-refractivity contribution is 6.31. The lowest BCUT2D eigenvalue weighted by Crippen LogP contribution is -2.30. The van der Waals surface area contributed by atoms with Crippen LogP contribution in [0.5, 0.6) is 0 Å². The summed E-state index contributed by atoms with van der Waals surface area (Å²) in [7, 11) is 0. The summed E-state index contributed by atoms with van der Waals surface area (Å²) < 4.78 is 14.2. The molecule has 1 fully saturated rings. The van der Waals surface area contributed by atoms with Gasteiger partial charge in [-0.2, -0.15) is 0 Å². The molecule has 0 spiro atoms. The van der Waals surface area contributed by atoms with Crippen LogP contribution in [0.15, 0.2) is 24.7 Å². The number of H-pyrrole nitrogens is 1. The van der Waals surface area contributed by atoms with Crippen LogP contribution in [0, 0.1) is 11.7 Å². The lowest BCUT2D eigenvalue weighted by Gasteiger charge is -2.18. The van der Waals surface area contributed by atoms with Crippen molar-refractivity contribution in [1.82, 2.24) is 19.9 Å². The summed E-state index contributed by atoms with van der Waals surface area (Å²) >= 11 is 6.01. The Morgan fingerprint density at radius 1 is 1.35 bits per heavy atom. The van der Waals surface area contributed by atoms with E-state index in [1.165, 1.54) is 6.20 Å². The Balaban J connectivity index is 1.70. The summed E-state index contributed by atoms with van der Waals surface area (Å²) in [4.78, 5) is 26.8. The van der Waals surface area contributed by atoms with Crippen LogP contribution in [0.4, 0.5) is 10.2 Å². The Labute approximate surface area is 152 Å². The number of nitrogens with one attached hydrogen (secondary N) is 2. The van der Waals surface area contributed by atoms with Crippen LogP contribution in [0.3, 0.4) is 0 Å². The number of anilines is 1. The maximum atomic E-state index is 14.2. The first kappa shape index (κ1) is 16.7. The fourth-order valence-electron chi connectivity index (χ4n) is 3.36.